The maximum absolute atomic E-state index is 5.43. The average Bonchev–Trinajstić information content (AvgIpc) is 3.97. The maximum atomic E-state index is 5.43. The Bertz CT molecular complexity index is 3580. The Hall–Kier alpha value is -8.25. The number of benzene rings is 4. The summed E-state index contributed by atoms with van der Waals surface area (Å²) in [7, 11) is 6.23. The van der Waals surface area contributed by atoms with Crippen molar-refractivity contribution in [3.63, 3.8) is 0 Å². The van der Waals surface area contributed by atoms with Crippen molar-refractivity contribution < 1.29 is 0 Å². The third-order valence-corrected chi connectivity index (χ3v) is 12.0. The van der Waals surface area contributed by atoms with Gasteiger partial charge in [0.05, 0.1) is 66.2 Å². The van der Waals surface area contributed by atoms with E-state index in [1.165, 1.54) is 0 Å². The molecule has 0 aliphatic heterocycles. The van der Waals surface area contributed by atoms with Gasteiger partial charge in [-0.3, -0.25) is 29.9 Å². The second-order valence-electron chi connectivity index (χ2n) is 15.3. The summed E-state index contributed by atoms with van der Waals surface area (Å²) in [6.07, 6.45) is 10.9. The Kier molecular flexibility index (Phi) is 6.50. The smallest absolute Gasteiger partial charge is 0.140 e. The molecule has 13 aromatic rings. The second-order valence-corrected chi connectivity index (χ2v) is 15.3. The molecule has 9 heterocycles. The molecular formula is C48H30N12. The fraction of sp³-hybridized carbons (Fsp3) is 0.0625. The summed E-state index contributed by atoms with van der Waals surface area (Å²) in [5, 5.41) is 5.82. The van der Waals surface area contributed by atoms with Crippen molar-refractivity contribution in [3.05, 3.63) is 128 Å². The molecule has 0 aliphatic carbocycles. The number of imidazole rings is 3. The minimum absolute atomic E-state index is 0.792. The Labute approximate surface area is 339 Å². The summed E-state index contributed by atoms with van der Waals surface area (Å²) >= 11 is 0. The van der Waals surface area contributed by atoms with E-state index >= 15 is 0 Å². The molecule has 13 rings (SSSR count). The van der Waals surface area contributed by atoms with Crippen LogP contribution in [0.5, 0.6) is 0 Å². The molecule has 0 atom stereocenters. The third-order valence-electron chi connectivity index (χ3n) is 12.0. The summed E-state index contributed by atoms with van der Waals surface area (Å²) in [5.74, 6) is 2.38. The van der Waals surface area contributed by atoms with Crippen LogP contribution >= 0.6 is 0 Å². The van der Waals surface area contributed by atoms with E-state index < -0.39 is 0 Å². The second kappa shape index (κ2) is 11.9. The molecular weight excluding hydrogens is 745 g/mol. The molecule has 0 amide bonds. The van der Waals surface area contributed by atoms with Crippen molar-refractivity contribution >= 4 is 98.5 Å². The van der Waals surface area contributed by atoms with Gasteiger partial charge in [-0.2, -0.15) is 0 Å². The first-order valence-electron chi connectivity index (χ1n) is 19.6. The summed E-state index contributed by atoms with van der Waals surface area (Å²) in [5.41, 5.74) is 13.3. The van der Waals surface area contributed by atoms with Gasteiger partial charge >= 0.3 is 0 Å². The molecule has 0 fully saturated rings. The fourth-order valence-corrected chi connectivity index (χ4v) is 9.48. The number of pyridine rings is 6. The summed E-state index contributed by atoms with van der Waals surface area (Å²) in [6, 6.07) is 30.9. The van der Waals surface area contributed by atoms with Crippen molar-refractivity contribution in [2.75, 3.05) is 0 Å². The zero-order valence-corrected chi connectivity index (χ0v) is 32.5. The van der Waals surface area contributed by atoms with Crippen LogP contribution in [0.15, 0.2) is 128 Å². The van der Waals surface area contributed by atoms with Gasteiger partial charge in [-0.15, -0.1) is 0 Å². The highest BCUT2D eigenvalue weighted by atomic mass is 15.1. The lowest BCUT2D eigenvalue weighted by atomic mass is 10.0. The van der Waals surface area contributed by atoms with E-state index in [-0.39, 0.29) is 0 Å². The van der Waals surface area contributed by atoms with Gasteiger partial charge in [-0.25, -0.2) is 15.0 Å². The number of hydrogen-bond donors (Lipinski definition) is 0. The van der Waals surface area contributed by atoms with E-state index in [1.54, 1.807) is 0 Å². The molecule has 12 nitrogen and oxygen atoms in total. The van der Waals surface area contributed by atoms with Gasteiger partial charge in [0.1, 0.15) is 17.5 Å². The molecule has 9 aromatic heterocycles. The van der Waals surface area contributed by atoms with Crippen molar-refractivity contribution in [1.29, 1.82) is 0 Å². The van der Waals surface area contributed by atoms with Gasteiger partial charge in [0.25, 0.3) is 0 Å². The molecule has 0 saturated carbocycles. The van der Waals surface area contributed by atoms with Gasteiger partial charge in [-0.1, -0.05) is 0 Å². The van der Waals surface area contributed by atoms with Gasteiger partial charge in [-0.05, 0) is 91.0 Å². The zero-order valence-electron chi connectivity index (χ0n) is 32.5. The molecule has 0 spiro atoms. The monoisotopic (exact) mass is 774 g/mol. The standard InChI is InChI=1S/C48H30N12/c1-58-43-31-13-7-19-52-37(31)34-28(10-4-16-49-34)40(43)55-46(58)25-22-26(47-56-41-29-11-5-17-50-35(29)38-32(14-8-20-53-38)44(41)59(47)2)24-27(23-25)48-57-42-30-12-6-18-51-36(30)39-33(15-9-21-54-39)45(42)60(48)3/h4-24H,1-3H3. The number of hydrogen-bond acceptors (Lipinski definition) is 9. The first-order chi connectivity index (χ1) is 29.5. The number of aromatic nitrogens is 12. The molecule has 0 unspecified atom stereocenters. The van der Waals surface area contributed by atoms with Gasteiger partial charge in [0.2, 0.25) is 0 Å². The Morgan fingerprint density at radius 3 is 0.800 bits per heavy atom. The van der Waals surface area contributed by atoms with Crippen molar-refractivity contribution in [3.8, 4) is 34.2 Å². The number of aryl methyl sites for hydroxylation is 3. The average molecular weight is 775 g/mol. The van der Waals surface area contributed by atoms with Crippen molar-refractivity contribution in [2.45, 2.75) is 0 Å². The highest BCUT2D eigenvalue weighted by Gasteiger charge is 2.24. The summed E-state index contributed by atoms with van der Waals surface area (Å²) < 4.78 is 6.53. The van der Waals surface area contributed by atoms with Crippen molar-refractivity contribution in [1.82, 2.24) is 58.6 Å². The normalized spacial score (nSPS) is 12.2. The predicted molar refractivity (Wildman–Crippen MR) is 237 cm³/mol. The molecule has 282 valence electrons. The first kappa shape index (κ1) is 32.8. The van der Waals surface area contributed by atoms with E-state index in [1.807, 2.05) is 73.6 Å². The maximum Gasteiger partial charge on any atom is 0.140 e. The van der Waals surface area contributed by atoms with E-state index in [0.717, 1.165) is 133 Å². The number of nitrogens with zero attached hydrogens (tertiary/aromatic N) is 12. The van der Waals surface area contributed by atoms with Gasteiger partial charge < -0.3 is 13.7 Å². The molecule has 0 aliphatic rings. The predicted octanol–water partition coefficient (Wildman–Crippen LogP) is 9.64. The SMILES string of the molecule is Cn1c(-c2cc(-c3nc4c5cccnc5c5ncccc5c4n3C)cc(-c3nc4c5cccnc5c5ncccc5c4n3C)c2)nc2c3cccnc3c3ncccc3c21. The van der Waals surface area contributed by atoms with E-state index in [0.29, 0.717) is 0 Å². The van der Waals surface area contributed by atoms with Crippen LogP contribution < -0.4 is 0 Å². The Morgan fingerprint density at radius 2 is 0.533 bits per heavy atom. The molecule has 0 saturated heterocycles. The minimum Gasteiger partial charge on any atom is -0.327 e. The van der Waals surface area contributed by atoms with Gasteiger partial charge in [0, 0.05) is 107 Å². The van der Waals surface area contributed by atoms with Crippen LogP contribution in [-0.4, -0.2) is 58.6 Å². The fourth-order valence-electron chi connectivity index (χ4n) is 9.48. The summed E-state index contributed by atoms with van der Waals surface area (Å²) in [6.45, 7) is 0. The van der Waals surface area contributed by atoms with Crippen LogP contribution in [0.4, 0.5) is 0 Å². The molecule has 0 radical (unpaired) electrons. The zero-order chi connectivity index (χ0) is 39.8. The highest BCUT2D eigenvalue weighted by Crippen LogP contribution is 2.41. The summed E-state index contributed by atoms with van der Waals surface area (Å²) in [4.78, 5) is 45.0. The highest BCUT2D eigenvalue weighted by molar-refractivity contribution is 6.23. The minimum atomic E-state index is 0.792. The lowest BCUT2D eigenvalue weighted by Gasteiger charge is -2.12. The van der Waals surface area contributed by atoms with E-state index in [4.69, 9.17) is 44.9 Å². The van der Waals surface area contributed by atoms with Crippen LogP contribution in [-0.2, 0) is 21.1 Å². The lowest BCUT2D eigenvalue weighted by Crippen LogP contribution is -1.99. The van der Waals surface area contributed by atoms with Crippen LogP contribution in [0, 0.1) is 0 Å². The van der Waals surface area contributed by atoms with Crippen LogP contribution in [0.3, 0.4) is 0 Å². The Morgan fingerprint density at radius 1 is 0.300 bits per heavy atom. The van der Waals surface area contributed by atoms with Crippen molar-refractivity contribution in [2.24, 2.45) is 21.1 Å². The topological polar surface area (TPSA) is 131 Å². The van der Waals surface area contributed by atoms with Gasteiger partial charge in [0.15, 0.2) is 0 Å². The van der Waals surface area contributed by atoms with E-state index in [9.17, 15) is 0 Å². The molecule has 0 N–H and O–H groups in total. The van der Waals surface area contributed by atoms with E-state index in [2.05, 4.69) is 89.4 Å². The van der Waals surface area contributed by atoms with Crippen LogP contribution in [0.1, 0.15) is 0 Å². The molecule has 4 aromatic carbocycles. The number of fused-ring (bicyclic) bond motifs is 18. The Balaban J connectivity index is 1.15. The first-order valence-corrected chi connectivity index (χ1v) is 19.6. The third kappa shape index (κ3) is 4.30. The van der Waals surface area contributed by atoms with Crippen LogP contribution in [0.2, 0.25) is 0 Å². The van der Waals surface area contributed by atoms with Crippen LogP contribution in [0.25, 0.3) is 133 Å². The molecule has 12 heteroatoms. The molecule has 0 bridgehead atoms. The quantitative estimate of drug-likeness (QED) is 0.161. The largest absolute Gasteiger partial charge is 0.327 e. The molecule has 60 heavy (non-hydrogen) atoms. The lowest BCUT2D eigenvalue weighted by molar-refractivity contribution is 0.952. The number of rotatable bonds is 3.